The highest BCUT2D eigenvalue weighted by atomic mass is 35.5. The summed E-state index contributed by atoms with van der Waals surface area (Å²) in [5, 5.41) is 3.64. The first-order chi connectivity index (χ1) is 9.05. The number of rotatable bonds is 5. The van der Waals surface area contributed by atoms with Crippen molar-refractivity contribution in [2.75, 3.05) is 13.2 Å². The fourth-order valence-corrected chi connectivity index (χ4v) is 2.85. The van der Waals surface area contributed by atoms with E-state index >= 15 is 0 Å². The zero-order chi connectivity index (χ0) is 13.9. The minimum atomic E-state index is -0.355. The third kappa shape index (κ3) is 3.47. The summed E-state index contributed by atoms with van der Waals surface area (Å²) in [5.41, 5.74) is 0.788. The lowest BCUT2D eigenvalue weighted by Crippen LogP contribution is -2.49. The molecule has 2 nitrogen and oxygen atoms in total. The first-order valence-corrected chi connectivity index (χ1v) is 7.24. The molecule has 19 heavy (non-hydrogen) atoms. The van der Waals surface area contributed by atoms with Crippen molar-refractivity contribution >= 4 is 11.6 Å². The lowest BCUT2D eigenvalue weighted by molar-refractivity contribution is -0.0110. The van der Waals surface area contributed by atoms with Crippen molar-refractivity contribution in [2.45, 2.75) is 44.8 Å². The molecular formula is C15H21ClFNO. The van der Waals surface area contributed by atoms with Crippen molar-refractivity contribution < 1.29 is 9.13 Å². The topological polar surface area (TPSA) is 21.3 Å². The normalized spacial score (nSPS) is 24.6. The van der Waals surface area contributed by atoms with Gasteiger partial charge in [-0.1, -0.05) is 24.6 Å². The number of benzene rings is 1. The molecule has 1 heterocycles. The lowest BCUT2D eigenvalue weighted by Gasteiger charge is -2.34. The van der Waals surface area contributed by atoms with Gasteiger partial charge in [-0.15, -0.1) is 0 Å². The molecule has 0 radical (unpaired) electrons. The van der Waals surface area contributed by atoms with Crippen molar-refractivity contribution in [1.82, 2.24) is 5.32 Å². The van der Waals surface area contributed by atoms with E-state index in [0.29, 0.717) is 0 Å². The predicted molar refractivity (Wildman–Crippen MR) is 76.2 cm³/mol. The van der Waals surface area contributed by atoms with Crippen molar-refractivity contribution in [2.24, 2.45) is 0 Å². The van der Waals surface area contributed by atoms with Crippen LogP contribution in [0.4, 0.5) is 4.39 Å². The highest BCUT2D eigenvalue weighted by Gasteiger charge is 2.37. The number of hydrogen-bond donors (Lipinski definition) is 1. The third-order valence-electron chi connectivity index (χ3n) is 3.86. The molecule has 0 spiro atoms. The molecule has 2 atom stereocenters. The van der Waals surface area contributed by atoms with E-state index in [-0.39, 0.29) is 22.5 Å². The quantitative estimate of drug-likeness (QED) is 0.893. The Morgan fingerprint density at radius 1 is 1.53 bits per heavy atom. The zero-order valence-corrected chi connectivity index (χ0v) is 12.3. The van der Waals surface area contributed by atoms with Crippen LogP contribution in [0.3, 0.4) is 0 Å². The molecule has 0 aliphatic carbocycles. The molecule has 1 fully saturated rings. The molecule has 1 aliphatic heterocycles. The second-order valence-corrected chi connectivity index (χ2v) is 5.73. The number of ether oxygens (including phenoxy) is 1. The van der Waals surface area contributed by atoms with E-state index in [4.69, 9.17) is 16.3 Å². The van der Waals surface area contributed by atoms with Gasteiger partial charge in [0.2, 0.25) is 0 Å². The van der Waals surface area contributed by atoms with E-state index in [1.165, 1.54) is 6.07 Å². The van der Waals surface area contributed by atoms with Gasteiger partial charge in [-0.25, -0.2) is 4.39 Å². The summed E-state index contributed by atoms with van der Waals surface area (Å²) in [7, 11) is 0. The van der Waals surface area contributed by atoms with Gasteiger partial charge in [-0.3, -0.25) is 0 Å². The Balaban J connectivity index is 2.13. The van der Waals surface area contributed by atoms with Gasteiger partial charge in [0, 0.05) is 12.6 Å². The zero-order valence-electron chi connectivity index (χ0n) is 11.5. The first-order valence-electron chi connectivity index (χ1n) is 6.86. The van der Waals surface area contributed by atoms with Crippen molar-refractivity contribution in [3.63, 3.8) is 0 Å². The van der Waals surface area contributed by atoms with Crippen LogP contribution in [0.5, 0.6) is 0 Å². The fourth-order valence-electron chi connectivity index (χ4n) is 2.73. The molecule has 1 N–H and O–H groups in total. The van der Waals surface area contributed by atoms with Gasteiger partial charge in [-0.2, -0.15) is 0 Å². The van der Waals surface area contributed by atoms with Crippen LogP contribution in [0.2, 0.25) is 5.02 Å². The molecule has 0 amide bonds. The number of halogens is 2. The highest BCUT2D eigenvalue weighted by Crippen LogP contribution is 2.30. The molecule has 1 aromatic rings. The Hall–Kier alpha value is -0.640. The molecule has 1 aromatic carbocycles. The summed E-state index contributed by atoms with van der Waals surface area (Å²) < 4.78 is 19.4. The van der Waals surface area contributed by atoms with Crippen LogP contribution in [0, 0.1) is 5.82 Å². The minimum Gasteiger partial charge on any atom is -0.374 e. The number of hydrogen-bond acceptors (Lipinski definition) is 2. The van der Waals surface area contributed by atoms with E-state index < -0.39 is 0 Å². The summed E-state index contributed by atoms with van der Waals surface area (Å²) in [6.07, 6.45) is 2.88. The molecule has 1 saturated heterocycles. The minimum absolute atomic E-state index is 0.161. The molecule has 0 aromatic heterocycles. The average molecular weight is 286 g/mol. The molecular weight excluding hydrogens is 265 g/mol. The van der Waals surface area contributed by atoms with Crippen molar-refractivity contribution in [3.8, 4) is 0 Å². The van der Waals surface area contributed by atoms with E-state index in [1.807, 2.05) is 6.07 Å². The smallest absolute Gasteiger partial charge is 0.142 e. The van der Waals surface area contributed by atoms with Crippen molar-refractivity contribution in [1.29, 1.82) is 0 Å². The lowest BCUT2D eigenvalue weighted by atomic mass is 9.88. The molecule has 0 saturated carbocycles. The van der Waals surface area contributed by atoms with E-state index in [1.54, 1.807) is 6.07 Å². The fraction of sp³-hybridized carbons (Fsp3) is 0.600. The first kappa shape index (κ1) is 14.8. The van der Waals surface area contributed by atoms with Gasteiger partial charge in [0.05, 0.1) is 10.6 Å². The van der Waals surface area contributed by atoms with E-state index in [9.17, 15) is 4.39 Å². The van der Waals surface area contributed by atoms with E-state index in [0.717, 1.165) is 38.0 Å². The van der Waals surface area contributed by atoms with Gasteiger partial charge < -0.3 is 10.1 Å². The van der Waals surface area contributed by atoms with Gasteiger partial charge in [0.15, 0.2) is 0 Å². The maximum absolute atomic E-state index is 13.5. The summed E-state index contributed by atoms with van der Waals surface area (Å²) >= 11 is 5.72. The number of nitrogens with one attached hydrogen (secondary N) is 1. The summed E-state index contributed by atoms with van der Waals surface area (Å²) in [5.74, 6) is -0.355. The summed E-state index contributed by atoms with van der Waals surface area (Å²) in [6, 6.07) is 5.21. The average Bonchev–Trinajstić information content (AvgIpc) is 2.81. The summed E-state index contributed by atoms with van der Waals surface area (Å²) in [4.78, 5) is 0. The van der Waals surface area contributed by atoms with Gasteiger partial charge in [-0.05, 0) is 50.4 Å². The molecule has 1 aliphatic rings. The number of likely N-dealkylation sites (N-methyl/N-ethyl adjacent to an activating group) is 1. The van der Waals surface area contributed by atoms with Crippen molar-refractivity contribution in [3.05, 3.63) is 34.6 Å². The van der Waals surface area contributed by atoms with Gasteiger partial charge in [0.1, 0.15) is 5.82 Å². The van der Waals surface area contributed by atoms with Crippen LogP contribution in [0.25, 0.3) is 0 Å². The summed E-state index contributed by atoms with van der Waals surface area (Å²) in [6.45, 7) is 5.90. The Kier molecular flexibility index (Phi) is 4.82. The molecule has 0 bridgehead atoms. The highest BCUT2D eigenvalue weighted by molar-refractivity contribution is 6.30. The maximum Gasteiger partial charge on any atom is 0.142 e. The second-order valence-electron chi connectivity index (χ2n) is 5.33. The second kappa shape index (κ2) is 6.21. The molecule has 2 unspecified atom stereocenters. The Bertz CT molecular complexity index is 432. The van der Waals surface area contributed by atoms with E-state index in [2.05, 4.69) is 19.2 Å². The third-order valence-corrected chi connectivity index (χ3v) is 4.17. The van der Waals surface area contributed by atoms with Gasteiger partial charge in [0.25, 0.3) is 0 Å². The van der Waals surface area contributed by atoms with Crippen LogP contribution >= 0.6 is 11.6 Å². The van der Waals surface area contributed by atoms with Crippen LogP contribution in [-0.2, 0) is 11.2 Å². The Labute approximate surface area is 119 Å². The molecule has 4 heteroatoms. The Morgan fingerprint density at radius 3 is 2.89 bits per heavy atom. The predicted octanol–water partition coefficient (Wildman–Crippen LogP) is 3.57. The monoisotopic (exact) mass is 285 g/mol. The SMILES string of the molecule is CCNC(Cc1ccc(Cl)c(F)c1)C1(C)CCCO1. The largest absolute Gasteiger partial charge is 0.374 e. The van der Waals surface area contributed by atoms with Gasteiger partial charge >= 0.3 is 0 Å². The molecule has 106 valence electrons. The standard InChI is InChI=1S/C15H21ClFNO/c1-3-18-14(15(2)7-4-8-19-15)10-11-5-6-12(16)13(17)9-11/h5-6,9,14,18H,3-4,7-8,10H2,1-2H3. The molecule has 2 rings (SSSR count). The van der Waals surface area contributed by atoms with Crippen LogP contribution in [0.15, 0.2) is 18.2 Å². The van der Waals surface area contributed by atoms with Crippen LogP contribution in [-0.4, -0.2) is 24.8 Å². The maximum atomic E-state index is 13.5. The van der Waals surface area contributed by atoms with Crippen LogP contribution < -0.4 is 5.32 Å². The Morgan fingerprint density at radius 2 is 2.32 bits per heavy atom. The van der Waals surface area contributed by atoms with Crippen LogP contribution in [0.1, 0.15) is 32.3 Å².